The summed E-state index contributed by atoms with van der Waals surface area (Å²) in [4.78, 5) is 27.7. The summed E-state index contributed by atoms with van der Waals surface area (Å²) in [6.07, 6.45) is 3.63. The molecule has 1 aromatic carbocycles. The lowest BCUT2D eigenvalue weighted by Gasteiger charge is -2.24. The molecule has 26 heavy (non-hydrogen) atoms. The number of benzene rings is 1. The minimum atomic E-state index is -0.951. The fourth-order valence-electron chi connectivity index (χ4n) is 2.92. The molecule has 0 aliphatic carbocycles. The summed E-state index contributed by atoms with van der Waals surface area (Å²) in [6.45, 7) is 5.38. The molecule has 0 saturated carbocycles. The summed E-state index contributed by atoms with van der Waals surface area (Å²) in [7, 11) is 0. The van der Waals surface area contributed by atoms with Crippen molar-refractivity contribution in [1.82, 2.24) is 14.9 Å². The van der Waals surface area contributed by atoms with Crippen LogP contribution in [0.15, 0.2) is 48.8 Å². The van der Waals surface area contributed by atoms with Crippen molar-refractivity contribution in [3.8, 4) is 5.69 Å². The number of aromatic nitrogens is 2. The topological polar surface area (TPSA) is 84.2 Å². The SMILES string of the molecule is Cc1cnc2c(ccn2-c2ccc(C(=O)NC(C)(C)CC(=O)O)cc2)c1. The molecule has 3 aromatic rings. The summed E-state index contributed by atoms with van der Waals surface area (Å²) < 4.78 is 1.96. The summed E-state index contributed by atoms with van der Waals surface area (Å²) >= 11 is 0. The molecule has 6 nitrogen and oxygen atoms in total. The minimum Gasteiger partial charge on any atom is -0.481 e. The van der Waals surface area contributed by atoms with Gasteiger partial charge in [0.15, 0.2) is 0 Å². The van der Waals surface area contributed by atoms with Gasteiger partial charge in [-0.3, -0.25) is 9.59 Å². The van der Waals surface area contributed by atoms with Gasteiger partial charge in [-0.25, -0.2) is 4.98 Å². The van der Waals surface area contributed by atoms with Crippen LogP contribution >= 0.6 is 0 Å². The number of aliphatic carboxylic acids is 1. The van der Waals surface area contributed by atoms with Gasteiger partial charge in [0.25, 0.3) is 5.91 Å². The Morgan fingerprint density at radius 3 is 2.54 bits per heavy atom. The number of carboxylic acid groups (broad SMARTS) is 1. The summed E-state index contributed by atoms with van der Waals surface area (Å²) in [5.74, 6) is -1.25. The number of nitrogens with one attached hydrogen (secondary N) is 1. The van der Waals surface area contributed by atoms with Crippen molar-refractivity contribution < 1.29 is 14.7 Å². The first-order valence-electron chi connectivity index (χ1n) is 8.34. The van der Waals surface area contributed by atoms with E-state index >= 15 is 0 Å². The number of hydrogen-bond donors (Lipinski definition) is 2. The first kappa shape index (κ1) is 17.7. The maximum absolute atomic E-state index is 12.4. The number of fused-ring (bicyclic) bond motifs is 1. The average molecular weight is 351 g/mol. The van der Waals surface area contributed by atoms with Crippen LogP contribution in [0, 0.1) is 6.92 Å². The third-order valence-electron chi connectivity index (χ3n) is 4.12. The van der Waals surface area contributed by atoms with Gasteiger partial charge in [0, 0.05) is 34.6 Å². The molecular formula is C20H21N3O3. The van der Waals surface area contributed by atoms with E-state index in [2.05, 4.69) is 16.4 Å². The lowest BCUT2D eigenvalue weighted by molar-refractivity contribution is -0.138. The molecule has 0 fully saturated rings. The highest BCUT2D eigenvalue weighted by molar-refractivity contribution is 5.95. The van der Waals surface area contributed by atoms with Crippen LogP contribution in [0.2, 0.25) is 0 Å². The van der Waals surface area contributed by atoms with Crippen LogP contribution in [0.1, 0.15) is 36.2 Å². The van der Waals surface area contributed by atoms with Gasteiger partial charge in [-0.05, 0) is 62.7 Å². The number of rotatable bonds is 5. The van der Waals surface area contributed by atoms with Crippen molar-refractivity contribution in [3.05, 3.63) is 59.9 Å². The van der Waals surface area contributed by atoms with E-state index in [0.29, 0.717) is 5.56 Å². The summed E-state index contributed by atoms with van der Waals surface area (Å²) in [5, 5.41) is 12.7. The van der Waals surface area contributed by atoms with Crippen molar-refractivity contribution in [3.63, 3.8) is 0 Å². The molecule has 0 aliphatic heterocycles. The second-order valence-corrected chi connectivity index (χ2v) is 7.07. The smallest absolute Gasteiger partial charge is 0.305 e. The van der Waals surface area contributed by atoms with E-state index in [0.717, 1.165) is 22.3 Å². The highest BCUT2D eigenvalue weighted by Crippen LogP contribution is 2.20. The molecule has 6 heteroatoms. The molecule has 3 rings (SSSR count). The molecule has 0 radical (unpaired) electrons. The minimum absolute atomic E-state index is 0.142. The fourth-order valence-corrected chi connectivity index (χ4v) is 2.92. The number of carbonyl (C=O) groups excluding carboxylic acids is 1. The maximum atomic E-state index is 12.4. The predicted octanol–water partition coefficient (Wildman–Crippen LogP) is 3.32. The molecule has 2 aromatic heterocycles. The van der Waals surface area contributed by atoms with Gasteiger partial charge >= 0.3 is 5.97 Å². The van der Waals surface area contributed by atoms with Crippen molar-refractivity contribution in [2.75, 3.05) is 0 Å². The van der Waals surface area contributed by atoms with E-state index in [4.69, 9.17) is 5.11 Å². The first-order valence-corrected chi connectivity index (χ1v) is 8.34. The molecule has 2 heterocycles. The molecule has 0 saturated heterocycles. The number of carbonyl (C=O) groups is 2. The molecule has 0 spiro atoms. The monoisotopic (exact) mass is 351 g/mol. The first-order chi connectivity index (χ1) is 12.2. The van der Waals surface area contributed by atoms with E-state index in [1.807, 2.05) is 42.1 Å². The Balaban J connectivity index is 1.82. The van der Waals surface area contributed by atoms with E-state index in [1.54, 1.807) is 26.0 Å². The van der Waals surface area contributed by atoms with Crippen molar-refractivity contribution >= 4 is 22.9 Å². The van der Waals surface area contributed by atoms with Crippen LogP contribution in [0.4, 0.5) is 0 Å². The van der Waals surface area contributed by atoms with Crippen LogP contribution in [0.3, 0.4) is 0 Å². The zero-order valence-electron chi connectivity index (χ0n) is 15.0. The molecular weight excluding hydrogens is 330 g/mol. The van der Waals surface area contributed by atoms with Crippen molar-refractivity contribution in [1.29, 1.82) is 0 Å². The Hall–Kier alpha value is -3.15. The molecule has 134 valence electrons. The molecule has 2 N–H and O–H groups in total. The number of pyridine rings is 1. The molecule has 0 bridgehead atoms. The normalized spacial score (nSPS) is 11.5. The van der Waals surface area contributed by atoms with Crippen LogP contribution in [-0.4, -0.2) is 32.1 Å². The highest BCUT2D eigenvalue weighted by Gasteiger charge is 2.24. The van der Waals surface area contributed by atoms with Crippen LogP contribution in [-0.2, 0) is 4.79 Å². The molecule has 0 unspecified atom stereocenters. The summed E-state index contributed by atoms with van der Waals surface area (Å²) in [5.41, 5.74) is 2.52. The van der Waals surface area contributed by atoms with Crippen LogP contribution in [0.25, 0.3) is 16.7 Å². The average Bonchev–Trinajstić information content (AvgIpc) is 2.96. The van der Waals surface area contributed by atoms with Crippen LogP contribution < -0.4 is 5.32 Å². The fraction of sp³-hybridized carbons (Fsp3) is 0.250. The highest BCUT2D eigenvalue weighted by atomic mass is 16.4. The lowest BCUT2D eigenvalue weighted by Crippen LogP contribution is -2.44. The Labute approximate surface area is 151 Å². The third-order valence-corrected chi connectivity index (χ3v) is 4.12. The number of nitrogens with zero attached hydrogens (tertiary/aromatic N) is 2. The Kier molecular flexibility index (Phi) is 4.50. The van der Waals surface area contributed by atoms with Gasteiger partial charge < -0.3 is 15.0 Å². The van der Waals surface area contributed by atoms with Crippen molar-refractivity contribution in [2.45, 2.75) is 32.7 Å². The lowest BCUT2D eigenvalue weighted by atomic mass is 10.00. The number of hydrogen-bond acceptors (Lipinski definition) is 3. The van der Waals surface area contributed by atoms with Gasteiger partial charge in [-0.15, -0.1) is 0 Å². The van der Waals surface area contributed by atoms with Gasteiger partial charge in [0.1, 0.15) is 5.65 Å². The van der Waals surface area contributed by atoms with Crippen LogP contribution in [0.5, 0.6) is 0 Å². The summed E-state index contributed by atoms with van der Waals surface area (Å²) in [6, 6.07) is 11.2. The van der Waals surface area contributed by atoms with E-state index in [-0.39, 0.29) is 12.3 Å². The standard InChI is InChI=1S/C20H21N3O3/c1-13-10-15-8-9-23(18(15)21-12-13)16-6-4-14(5-7-16)19(26)22-20(2,3)11-17(24)25/h4-10,12H,11H2,1-3H3,(H,22,26)(H,24,25). The number of aryl methyl sites for hydroxylation is 1. The molecule has 0 aliphatic rings. The number of carboxylic acids is 1. The predicted molar refractivity (Wildman–Crippen MR) is 99.6 cm³/mol. The number of amides is 1. The largest absolute Gasteiger partial charge is 0.481 e. The van der Waals surface area contributed by atoms with Crippen molar-refractivity contribution in [2.24, 2.45) is 0 Å². The van der Waals surface area contributed by atoms with Gasteiger partial charge in [0.05, 0.1) is 6.42 Å². The van der Waals surface area contributed by atoms with E-state index in [9.17, 15) is 9.59 Å². The Morgan fingerprint density at radius 2 is 1.88 bits per heavy atom. The molecule has 0 atom stereocenters. The van der Waals surface area contributed by atoms with E-state index in [1.165, 1.54) is 0 Å². The maximum Gasteiger partial charge on any atom is 0.305 e. The zero-order valence-corrected chi connectivity index (χ0v) is 15.0. The second kappa shape index (κ2) is 6.63. The quantitative estimate of drug-likeness (QED) is 0.738. The van der Waals surface area contributed by atoms with E-state index < -0.39 is 11.5 Å². The van der Waals surface area contributed by atoms with Gasteiger partial charge in [-0.1, -0.05) is 0 Å². The zero-order chi connectivity index (χ0) is 18.9. The van der Waals surface area contributed by atoms with Gasteiger partial charge in [0.2, 0.25) is 0 Å². The molecule has 1 amide bonds. The second-order valence-electron chi connectivity index (χ2n) is 7.07. The Morgan fingerprint density at radius 1 is 1.19 bits per heavy atom. The van der Waals surface area contributed by atoms with Gasteiger partial charge in [-0.2, -0.15) is 0 Å². The Bertz CT molecular complexity index is 972. The third kappa shape index (κ3) is 3.74.